The van der Waals surface area contributed by atoms with Gasteiger partial charge in [0.05, 0.1) is 18.2 Å². The Hall–Kier alpha value is -4.82. The summed E-state index contributed by atoms with van der Waals surface area (Å²) in [6.45, 7) is 4.17. The van der Waals surface area contributed by atoms with Gasteiger partial charge in [0.15, 0.2) is 0 Å². The van der Waals surface area contributed by atoms with Crippen LogP contribution in [0.4, 0.5) is 0 Å². The fraction of sp³-hybridized carbons (Fsp3) is 0.297. The fourth-order valence-electron chi connectivity index (χ4n) is 5.98. The van der Waals surface area contributed by atoms with Crippen LogP contribution in [0.1, 0.15) is 57.1 Å². The molecule has 2 amide bonds. The first-order chi connectivity index (χ1) is 22.0. The van der Waals surface area contributed by atoms with E-state index in [0.29, 0.717) is 75.6 Å². The van der Waals surface area contributed by atoms with Gasteiger partial charge in [-0.1, -0.05) is 42.0 Å². The summed E-state index contributed by atoms with van der Waals surface area (Å²) in [7, 11) is 0. The Bertz CT molecular complexity index is 1670. The van der Waals surface area contributed by atoms with Gasteiger partial charge in [0, 0.05) is 26.1 Å². The molecule has 0 saturated carbocycles. The number of aryl methyl sites for hydroxylation is 2. The number of carbonyl (C=O) groups excluding carboxylic acids is 2. The molecule has 232 valence electrons. The average molecular weight is 606 g/mol. The molecular weight excluding hydrogens is 566 g/mol. The van der Waals surface area contributed by atoms with E-state index in [1.54, 1.807) is 0 Å². The first-order valence-corrected chi connectivity index (χ1v) is 15.6. The minimum Gasteiger partial charge on any atom is -0.494 e. The van der Waals surface area contributed by atoms with Gasteiger partial charge in [-0.3, -0.25) is 9.59 Å². The van der Waals surface area contributed by atoms with Gasteiger partial charge >= 0.3 is 0 Å². The van der Waals surface area contributed by atoms with Crippen molar-refractivity contribution in [1.82, 2.24) is 10.2 Å². The topological polar surface area (TPSA) is 103 Å². The van der Waals surface area contributed by atoms with Crippen molar-refractivity contribution in [2.24, 2.45) is 5.73 Å². The van der Waals surface area contributed by atoms with Crippen LogP contribution in [-0.4, -0.2) is 49.6 Å². The third-order valence-corrected chi connectivity index (χ3v) is 8.23. The van der Waals surface area contributed by atoms with Crippen LogP contribution in [0.3, 0.4) is 0 Å². The van der Waals surface area contributed by atoms with E-state index in [-0.39, 0.29) is 17.9 Å². The van der Waals surface area contributed by atoms with Crippen molar-refractivity contribution in [2.75, 3.05) is 32.8 Å². The minimum atomic E-state index is -0.352. The summed E-state index contributed by atoms with van der Waals surface area (Å²) in [6, 6.07) is 27.2. The third-order valence-electron chi connectivity index (χ3n) is 8.23. The van der Waals surface area contributed by atoms with E-state index in [1.165, 1.54) is 0 Å². The number of nitrogens with one attached hydrogen (secondary N) is 1. The predicted molar refractivity (Wildman–Crippen MR) is 173 cm³/mol. The highest BCUT2D eigenvalue weighted by Crippen LogP contribution is 2.40. The van der Waals surface area contributed by atoms with Crippen LogP contribution < -0.4 is 25.3 Å². The lowest BCUT2D eigenvalue weighted by Crippen LogP contribution is -2.40. The molecular formula is C37H39N3O5. The van der Waals surface area contributed by atoms with Gasteiger partial charge in [0.1, 0.15) is 29.6 Å². The normalized spacial score (nSPS) is 16.6. The van der Waals surface area contributed by atoms with E-state index in [9.17, 15) is 9.59 Å². The van der Waals surface area contributed by atoms with Crippen molar-refractivity contribution in [3.63, 3.8) is 0 Å². The number of carbonyl (C=O) groups is 2. The van der Waals surface area contributed by atoms with E-state index in [0.717, 1.165) is 39.3 Å². The summed E-state index contributed by atoms with van der Waals surface area (Å²) < 4.78 is 18.3. The van der Waals surface area contributed by atoms with Crippen molar-refractivity contribution in [3.8, 4) is 23.0 Å². The first-order valence-electron chi connectivity index (χ1n) is 15.6. The second-order valence-electron chi connectivity index (χ2n) is 11.5. The first kappa shape index (κ1) is 30.2. The molecule has 1 unspecified atom stereocenters. The van der Waals surface area contributed by atoms with Crippen LogP contribution in [0.15, 0.2) is 84.9 Å². The summed E-state index contributed by atoms with van der Waals surface area (Å²) in [5.41, 5.74) is 11.4. The number of rotatable bonds is 4. The number of nitrogens with zero attached hydrogens (tertiary/aromatic N) is 1. The number of hydrogen-bond acceptors (Lipinski definition) is 6. The second-order valence-corrected chi connectivity index (χ2v) is 11.5. The van der Waals surface area contributed by atoms with Crippen LogP contribution >= 0.6 is 0 Å². The number of ether oxygens (including phenoxy) is 3. The summed E-state index contributed by atoms with van der Waals surface area (Å²) in [4.78, 5) is 28.7. The van der Waals surface area contributed by atoms with E-state index < -0.39 is 0 Å². The summed E-state index contributed by atoms with van der Waals surface area (Å²) in [5, 5.41) is 2.99. The monoisotopic (exact) mass is 605 g/mol. The van der Waals surface area contributed by atoms with Gasteiger partial charge in [0.25, 0.3) is 5.91 Å². The molecule has 5 heterocycles. The smallest absolute Gasteiger partial charge is 0.258 e. The SMILES string of the molecule is Cc1ccc(OCCN)c(C(=O)N2CCc3cc4ccc3C2c2cccc(c2)OCCCNC(=O)CCc2ccc(cc2)O4)c1. The Morgan fingerprint density at radius 3 is 2.64 bits per heavy atom. The zero-order valence-corrected chi connectivity index (χ0v) is 25.6. The molecule has 8 nitrogen and oxygen atoms in total. The molecule has 5 aliphatic heterocycles. The highest BCUT2D eigenvalue weighted by atomic mass is 16.5. The second kappa shape index (κ2) is 13.9. The Morgan fingerprint density at radius 1 is 0.956 bits per heavy atom. The van der Waals surface area contributed by atoms with E-state index in [1.807, 2.05) is 84.6 Å². The van der Waals surface area contributed by atoms with Gasteiger partial charge in [-0.25, -0.2) is 0 Å². The van der Waals surface area contributed by atoms with Crippen LogP contribution in [0.25, 0.3) is 0 Å². The highest BCUT2D eigenvalue weighted by molar-refractivity contribution is 5.98. The maximum atomic E-state index is 14.4. The molecule has 3 N–H and O–H groups in total. The van der Waals surface area contributed by atoms with Crippen molar-refractivity contribution >= 4 is 11.8 Å². The van der Waals surface area contributed by atoms with E-state index in [4.69, 9.17) is 19.9 Å². The maximum Gasteiger partial charge on any atom is 0.258 e. The lowest BCUT2D eigenvalue weighted by Gasteiger charge is -2.38. The Balaban J connectivity index is 1.39. The van der Waals surface area contributed by atoms with Gasteiger partial charge < -0.3 is 30.2 Å². The molecule has 0 fully saturated rings. The molecule has 8 bridgehead atoms. The number of hydrogen-bond donors (Lipinski definition) is 2. The number of amides is 2. The summed E-state index contributed by atoms with van der Waals surface area (Å²) in [5.74, 6) is 2.63. The Kier molecular flexibility index (Phi) is 9.31. The van der Waals surface area contributed by atoms with Crippen molar-refractivity contribution in [1.29, 1.82) is 0 Å². The predicted octanol–water partition coefficient (Wildman–Crippen LogP) is 5.74. The molecule has 0 aromatic heterocycles. The Morgan fingerprint density at radius 2 is 1.80 bits per heavy atom. The summed E-state index contributed by atoms with van der Waals surface area (Å²) in [6.07, 6.45) is 2.44. The molecule has 4 aromatic rings. The third kappa shape index (κ3) is 7.13. The molecule has 9 rings (SSSR count). The molecule has 0 aliphatic carbocycles. The molecule has 4 aromatic carbocycles. The van der Waals surface area contributed by atoms with E-state index in [2.05, 4.69) is 17.4 Å². The van der Waals surface area contributed by atoms with Crippen molar-refractivity contribution in [3.05, 3.63) is 118 Å². The molecule has 0 radical (unpaired) electrons. The maximum absolute atomic E-state index is 14.4. The van der Waals surface area contributed by atoms with Crippen LogP contribution in [0, 0.1) is 6.92 Å². The van der Waals surface area contributed by atoms with E-state index >= 15 is 0 Å². The largest absolute Gasteiger partial charge is 0.494 e. The van der Waals surface area contributed by atoms with Crippen molar-refractivity contribution in [2.45, 2.75) is 38.6 Å². The zero-order chi connectivity index (χ0) is 31.2. The lowest BCUT2D eigenvalue weighted by molar-refractivity contribution is -0.121. The quantitative estimate of drug-likeness (QED) is 0.307. The molecule has 8 heteroatoms. The van der Waals surface area contributed by atoms with Crippen LogP contribution in [-0.2, 0) is 17.6 Å². The average Bonchev–Trinajstić information content (AvgIpc) is 3.06. The van der Waals surface area contributed by atoms with Gasteiger partial charge in [0.2, 0.25) is 5.91 Å². The summed E-state index contributed by atoms with van der Waals surface area (Å²) >= 11 is 0. The number of benzene rings is 4. The molecule has 0 saturated heterocycles. The highest BCUT2D eigenvalue weighted by Gasteiger charge is 2.34. The molecule has 0 spiro atoms. The lowest BCUT2D eigenvalue weighted by atomic mass is 9.87. The van der Waals surface area contributed by atoms with Crippen LogP contribution in [0.5, 0.6) is 23.0 Å². The minimum absolute atomic E-state index is 0.0202. The van der Waals surface area contributed by atoms with Gasteiger partial charge in [-0.2, -0.15) is 0 Å². The van der Waals surface area contributed by atoms with Crippen LogP contribution in [0.2, 0.25) is 0 Å². The Labute approximate surface area is 264 Å². The molecule has 45 heavy (non-hydrogen) atoms. The van der Waals surface area contributed by atoms with Crippen molar-refractivity contribution < 1.29 is 23.8 Å². The molecule has 5 aliphatic rings. The molecule has 1 atom stereocenters. The van der Waals surface area contributed by atoms with Gasteiger partial charge in [-0.15, -0.1) is 0 Å². The fourth-order valence-corrected chi connectivity index (χ4v) is 5.98. The number of nitrogens with two attached hydrogens (primary N) is 1. The van der Waals surface area contributed by atoms with Gasteiger partial charge in [-0.05, 0) is 97.0 Å². The zero-order valence-electron chi connectivity index (χ0n) is 25.6. The standard InChI is InChI=1S/C37H39N3O5/c1-25-6-14-34(44-21-17-38)33(22-25)37(42)40-19-16-27-23-31-12-13-32(27)36(40)28-4-2-5-30(24-28)43-20-3-18-39-35(41)15-9-26-7-10-29(45-31)11-8-26/h2,4-8,10-14,22-24,36H,3,9,15-21,38H2,1H3,(H,39,41).